The lowest BCUT2D eigenvalue weighted by molar-refractivity contribution is 0.583. The van der Waals surface area contributed by atoms with Crippen molar-refractivity contribution in [2.45, 2.75) is 4.90 Å². The van der Waals surface area contributed by atoms with Crippen LogP contribution in [0.15, 0.2) is 52.5 Å². The molecule has 2 aromatic rings. The average molecular weight is 331 g/mol. The smallest absolute Gasteiger partial charge is 0.207 e. The maximum absolute atomic E-state index is 12.8. The molecule has 8 heteroatoms. The van der Waals surface area contributed by atoms with Crippen LogP contribution >= 0.6 is 11.6 Å². The lowest BCUT2D eigenvalue weighted by Gasteiger charge is -2.03. The van der Waals surface area contributed by atoms with E-state index >= 15 is 0 Å². The maximum Gasteiger partial charge on any atom is 0.276 e. The molecular weight excluding hydrogens is 322 g/mol. The Kier molecular flexibility index (Phi) is 4.54. The molecule has 0 aliphatic rings. The van der Waals surface area contributed by atoms with Gasteiger partial charge in [-0.1, -0.05) is 11.6 Å². The van der Waals surface area contributed by atoms with E-state index in [9.17, 15) is 17.2 Å². The van der Waals surface area contributed by atoms with Crippen molar-refractivity contribution in [1.29, 1.82) is 0 Å². The Morgan fingerprint density at radius 3 is 2.29 bits per heavy atom. The number of halogens is 3. The molecule has 21 heavy (non-hydrogen) atoms. The molecule has 0 heterocycles. The molecule has 110 valence electrons. The zero-order valence-electron chi connectivity index (χ0n) is 10.4. The molecule has 2 aromatic carbocycles. The summed E-state index contributed by atoms with van der Waals surface area (Å²) < 4.78 is 49.2. The highest BCUT2D eigenvalue weighted by Gasteiger charge is 2.12. The standard InChI is InChI=1S/C13H9ClF2N2O2S/c14-13-7-11(16)2-1-9(13)8-17-18-21(19,20)12-5-3-10(15)4-6-12/h1-8,18H/b17-8+. The number of hydrogen-bond donors (Lipinski definition) is 1. The number of nitrogens with zero attached hydrogens (tertiary/aromatic N) is 1. The second kappa shape index (κ2) is 6.19. The molecule has 0 spiro atoms. The summed E-state index contributed by atoms with van der Waals surface area (Å²) in [5.41, 5.74) is 0.347. The second-order valence-corrected chi connectivity index (χ2v) is 6.04. The van der Waals surface area contributed by atoms with Crippen LogP contribution in [0.1, 0.15) is 5.56 Å². The van der Waals surface area contributed by atoms with Crippen molar-refractivity contribution in [1.82, 2.24) is 4.83 Å². The van der Waals surface area contributed by atoms with Gasteiger partial charge in [-0.2, -0.15) is 13.5 Å². The summed E-state index contributed by atoms with van der Waals surface area (Å²) in [6, 6.07) is 7.87. The topological polar surface area (TPSA) is 58.5 Å². The van der Waals surface area contributed by atoms with Gasteiger partial charge in [-0.05, 0) is 42.5 Å². The third kappa shape index (κ3) is 3.99. The molecule has 1 N–H and O–H groups in total. The molecule has 0 saturated heterocycles. The Labute approximate surface area is 125 Å². The fourth-order valence-corrected chi connectivity index (χ4v) is 2.45. The van der Waals surface area contributed by atoms with Crippen LogP contribution in [0.25, 0.3) is 0 Å². The summed E-state index contributed by atoms with van der Waals surface area (Å²) in [6.45, 7) is 0. The first-order valence-corrected chi connectivity index (χ1v) is 7.50. The summed E-state index contributed by atoms with van der Waals surface area (Å²) in [6.07, 6.45) is 1.14. The van der Waals surface area contributed by atoms with Crippen molar-refractivity contribution >= 4 is 27.8 Å². The van der Waals surface area contributed by atoms with Crippen LogP contribution < -0.4 is 4.83 Å². The molecule has 0 amide bonds. The van der Waals surface area contributed by atoms with Gasteiger partial charge >= 0.3 is 0 Å². The van der Waals surface area contributed by atoms with Crippen LogP contribution in [0.3, 0.4) is 0 Å². The van der Waals surface area contributed by atoms with E-state index < -0.39 is 21.7 Å². The molecule has 0 bridgehead atoms. The molecule has 4 nitrogen and oxygen atoms in total. The monoisotopic (exact) mass is 330 g/mol. The van der Waals surface area contributed by atoms with E-state index in [2.05, 4.69) is 5.10 Å². The van der Waals surface area contributed by atoms with Gasteiger partial charge in [0.1, 0.15) is 11.6 Å². The Bertz CT molecular complexity index is 777. The van der Waals surface area contributed by atoms with Crippen LogP contribution in [0.5, 0.6) is 0 Å². The van der Waals surface area contributed by atoms with E-state index in [4.69, 9.17) is 11.6 Å². The molecule has 0 radical (unpaired) electrons. The van der Waals surface area contributed by atoms with Crippen molar-refractivity contribution in [2.75, 3.05) is 0 Å². The van der Waals surface area contributed by atoms with E-state index in [0.717, 1.165) is 36.5 Å². The third-order valence-corrected chi connectivity index (χ3v) is 4.03. The molecule has 0 fully saturated rings. The van der Waals surface area contributed by atoms with E-state index in [0.29, 0.717) is 5.56 Å². The minimum atomic E-state index is -3.90. The van der Waals surface area contributed by atoms with Crippen molar-refractivity contribution < 1.29 is 17.2 Å². The van der Waals surface area contributed by atoms with E-state index in [1.165, 1.54) is 12.1 Å². The normalized spacial score (nSPS) is 11.8. The first-order valence-electron chi connectivity index (χ1n) is 5.64. The lowest BCUT2D eigenvalue weighted by Crippen LogP contribution is -2.18. The summed E-state index contributed by atoms with van der Waals surface area (Å²) in [4.78, 5) is 1.82. The molecular formula is C13H9ClF2N2O2S. The van der Waals surface area contributed by atoms with Crippen LogP contribution in [0, 0.1) is 11.6 Å². The summed E-state index contributed by atoms with van der Waals surface area (Å²) in [5.74, 6) is -1.06. The largest absolute Gasteiger partial charge is 0.276 e. The molecule has 2 rings (SSSR count). The van der Waals surface area contributed by atoms with E-state index in [-0.39, 0.29) is 9.92 Å². The number of hydrazone groups is 1. The maximum atomic E-state index is 12.8. The van der Waals surface area contributed by atoms with E-state index in [1.54, 1.807) is 0 Å². The summed E-state index contributed by atoms with van der Waals surface area (Å²) in [7, 11) is -3.90. The first-order chi connectivity index (χ1) is 9.88. The SMILES string of the molecule is O=S(=O)(N/N=C/c1ccc(F)cc1Cl)c1ccc(F)cc1. The van der Waals surface area contributed by atoms with Crippen molar-refractivity contribution in [3.8, 4) is 0 Å². The van der Waals surface area contributed by atoms with Gasteiger partial charge in [-0.15, -0.1) is 0 Å². The summed E-state index contributed by atoms with van der Waals surface area (Å²) >= 11 is 5.76. The van der Waals surface area contributed by atoms with Crippen molar-refractivity contribution in [2.24, 2.45) is 5.10 Å². The van der Waals surface area contributed by atoms with Crippen molar-refractivity contribution in [3.63, 3.8) is 0 Å². The van der Waals surface area contributed by atoms with Crippen LogP contribution in [0.4, 0.5) is 8.78 Å². The quantitative estimate of drug-likeness (QED) is 0.692. The zero-order chi connectivity index (χ0) is 15.5. The number of benzene rings is 2. The zero-order valence-corrected chi connectivity index (χ0v) is 12.0. The molecule has 0 saturated carbocycles. The van der Waals surface area contributed by atoms with Gasteiger partial charge in [0.05, 0.1) is 16.1 Å². The second-order valence-electron chi connectivity index (χ2n) is 3.97. The highest BCUT2D eigenvalue weighted by molar-refractivity contribution is 7.89. The molecule has 0 aliphatic heterocycles. The highest BCUT2D eigenvalue weighted by Crippen LogP contribution is 2.15. The minimum Gasteiger partial charge on any atom is -0.207 e. The predicted octanol–water partition coefficient (Wildman–Crippen LogP) is 2.93. The van der Waals surface area contributed by atoms with Gasteiger partial charge in [0.15, 0.2) is 0 Å². The Morgan fingerprint density at radius 1 is 1.05 bits per heavy atom. The van der Waals surface area contributed by atoms with Gasteiger partial charge in [0.2, 0.25) is 0 Å². The number of hydrogen-bond acceptors (Lipinski definition) is 3. The Morgan fingerprint density at radius 2 is 1.67 bits per heavy atom. The van der Waals surface area contributed by atoms with Gasteiger partial charge in [-0.25, -0.2) is 13.6 Å². The average Bonchev–Trinajstić information content (AvgIpc) is 2.41. The molecule has 0 aliphatic carbocycles. The van der Waals surface area contributed by atoms with Crippen LogP contribution in [0.2, 0.25) is 5.02 Å². The Balaban J connectivity index is 2.14. The van der Waals surface area contributed by atoms with Gasteiger partial charge < -0.3 is 0 Å². The fourth-order valence-electron chi connectivity index (χ4n) is 1.44. The van der Waals surface area contributed by atoms with Crippen LogP contribution in [-0.2, 0) is 10.0 Å². The number of rotatable bonds is 4. The number of nitrogens with one attached hydrogen (secondary N) is 1. The highest BCUT2D eigenvalue weighted by atomic mass is 35.5. The first kappa shape index (κ1) is 15.4. The Hall–Kier alpha value is -1.99. The molecule has 0 atom stereocenters. The molecule has 0 unspecified atom stereocenters. The lowest BCUT2D eigenvalue weighted by atomic mass is 10.2. The fraction of sp³-hybridized carbons (Fsp3) is 0. The number of sulfonamides is 1. The molecule has 0 aromatic heterocycles. The van der Waals surface area contributed by atoms with Gasteiger partial charge in [-0.3, -0.25) is 0 Å². The third-order valence-electron chi connectivity index (χ3n) is 2.46. The van der Waals surface area contributed by atoms with Gasteiger partial charge in [0.25, 0.3) is 10.0 Å². The summed E-state index contributed by atoms with van der Waals surface area (Å²) in [5, 5.41) is 3.64. The van der Waals surface area contributed by atoms with E-state index in [1.807, 2.05) is 4.83 Å². The minimum absolute atomic E-state index is 0.0970. The van der Waals surface area contributed by atoms with Crippen LogP contribution in [-0.4, -0.2) is 14.6 Å². The predicted molar refractivity (Wildman–Crippen MR) is 75.7 cm³/mol. The van der Waals surface area contributed by atoms with Gasteiger partial charge in [0, 0.05) is 5.56 Å². The van der Waals surface area contributed by atoms with Crippen molar-refractivity contribution in [3.05, 3.63) is 64.7 Å².